The second-order valence-electron chi connectivity index (χ2n) is 4.36. The molecule has 0 spiro atoms. The van der Waals surface area contributed by atoms with Crippen LogP contribution in [0.4, 0.5) is 0 Å². The number of nitrogens with zero attached hydrogens (tertiary/aromatic N) is 1. The zero-order chi connectivity index (χ0) is 15.9. The summed E-state index contributed by atoms with van der Waals surface area (Å²) in [6.45, 7) is 0.193. The van der Waals surface area contributed by atoms with E-state index in [1.165, 1.54) is 25.5 Å². The van der Waals surface area contributed by atoms with Crippen molar-refractivity contribution in [3.63, 3.8) is 0 Å². The molecule has 0 saturated carbocycles. The van der Waals surface area contributed by atoms with Crippen LogP contribution in [0.3, 0.4) is 0 Å². The Hall–Kier alpha value is -3.20. The number of hydrogen-bond donors (Lipinski definition) is 2. The minimum Gasteiger partial charge on any atom is -0.504 e. The Labute approximate surface area is 127 Å². The monoisotopic (exact) mass is 298 g/mol. The van der Waals surface area contributed by atoms with Crippen molar-refractivity contribution in [3.8, 4) is 17.6 Å². The Kier molecular flexibility index (Phi) is 4.83. The second kappa shape index (κ2) is 6.99. The average molecular weight is 298 g/mol. The van der Waals surface area contributed by atoms with Crippen molar-refractivity contribution in [2.75, 3.05) is 7.11 Å². The third-order valence-corrected chi connectivity index (χ3v) is 2.88. The Balaban J connectivity index is 2.11. The van der Waals surface area contributed by atoms with Gasteiger partial charge in [-0.1, -0.05) is 6.07 Å². The van der Waals surface area contributed by atoms with Gasteiger partial charge in [0.05, 0.1) is 19.9 Å². The molecule has 6 nitrogen and oxygen atoms in total. The van der Waals surface area contributed by atoms with E-state index in [-0.39, 0.29) is 17.9 Å². The highest BCUT2D eigenvalue weighted by atomic mass is 16.5. The largest absolute Gasteiger partial charge is 0.504 e. The molecule has 0 aliphatic rings. The van der Waals surface area contributed by atoms with Gasteiger partial charge in [0.15, 0.2) is 11.5 Å². The number of furan rings is 1. The molecule has 0 radical (unpaired) electrons. The zero-order valence-corrected chi connectivity index (χ0v) is 11.9. The van der Waals surface area contributed by atoms with Crippen LogP contribution in [-0.4, -0.2) is 18.1 Å². The Morgan fingerprint density at radius 3 is 2.91 bits per heavy atom. The fraction of sp³-hybridized carbons (Fsp3) is 0.125. The number of phenols is 1. The third-order valence-electron chi connectivity index (χ3n) is 2.88. The highest BCUT2D eigenvalue weighted by Crippen LogP contribution is 2.27. The van der Waals surface area contributed by atoms with Crippen molar-refractivity contribution < 1.29 is 19.1 Å². The van der Waals surface area contributed by atoms with Gasteiger partial charge < -0.3 is 19.6 Å². The van der Waals surface area contributed by atoms with Gasteiger partial charge in [0.2, 0.25) is 0 Å². The number of hydrogen-bond acceptors (Lipinski definition) is 5. The SMILES string of the molecule is COc1ccc(/C=C(\C#N)C(=O)NCc2ccco2)cc1O. The van der Waals surface area contributed by atoms with E-state index in [4.69, 9.17) is 14.4 Å². The van der Waals surface area contributed by atoms with Crippen molar-refractivity contribution in [1.82, 2.24) is 5.32 Å². The molecular formula is C16H14N2O4. The zero-order valence-electron chi connectivity index (χ0n) is 11.9. The topological polar surface area (TPSA) is 95.5 Å². The molecule has 2 N–H and O–H groups in total. The number of nitriles is 1. The number of ether oxygens (including phenoxy) is 1. The van der Waals surface area contributed by atoms with Crippen LogP contribution < -0.4 is 10.1 Å². The van der Waals surface area contributed by atoms with Crippen molar-refractivity contribution >= 4 is 12.0 Å². The maximum absolute atomic E-state index is 12.0. The normalized spacial score (nSPS) is 10.8. The molecule has 0 atom stereocenters. The molecule has 0 bridgehead atoms. The molecule has 0 aliphatic carbocycles. The molecule has 0 unspecified atom stereocenters. The van der Waals surface area contributed by atoms with Gasteiger partial charge in [-0.3, -0.25) is 4.79 Å². The number of phenolic OH excluding ortho intramolecular Hbond substituents is 1. The van der Waals surface area contributed by atoms with Gasteiger partial charge in [-0.05, 0) is 35.9 Å². The maximum atomic E-state index is 12.0. The summed E-state index contributed by atoms with van der Waals surface area (Å²) < 4.78 is 10.0. The van der Waals surface area contributed by atoms with Crippen LogP contribution in [0, 0.1) is 11.3 Å². The average Bonchev–Trinajstić information content (AvgIpc) is 3.04. The predicted molar refractivity (Wildman–Crippen MR) is 78.8 cm³/mol. The quantitative estimate of drug-likeness (QED) is 0.652. The summed E-state index contributed by atoms with van der Waals surface area (Å²) >= 11 is 0. The first-order chi connectivity index (χ1) is 10.6. The lowest BCUT2D eigenvalue weighted by Gasteiger charge is -2.05. The van der Waals surface area contributed by atoms with E-state index >= 15 is 0 Å². The van der Waals surface area contributed by atoms with Crippen LogP contribution in [-0.2, 0) is 11.3 Å². The Bertz CT molecular complexity index is 727. The molecule has 0 saturated heterocycles. The standard InChI is InChI=1S/C16H14N2O4/c1-21-15-5-4-11(8-14(15)19)7-12(9-17)16(20)18-10-13-3-2-6-22-13/h2-8,19H,10H2,1H3,(H,18,20)/b12-7+. The number of carbonyl (C=O) groups excluding carboxylic acids is 1. The first kappa shape index (κ1) is 15.2. The van der Waals surface area contributed by atoms with E-state index in [1.807, 2.05) is 6.07 Å². The van der Waals surface area contributed by atoms with Crippen LogP contribution in [0.25, 0.3) is 6.08 Å². The van der Waals surface area contributed by atoms with Crippen molar-refractivity contribution in [2.45, 2.75) is 6.54 Å². The van der Waals surface area contributed by atoms with Gasteiger partial charge in [0, 0.05) is 0 Å². The number of carbonyl (C=O) groups is 1. The number of aromatic hydroxyl groups is 1. The van der Waals surface area contributed by atoms with Gasteiger partial charge in [-0.25, -0.2) is 0 Å². The van der Waals surface area contributed by atoms with Crippen LogP contribution >= 0.6 is 0 Å². The summed E-state index contributed by atoms with van der Waals surface area (Å²) in [6, 6.07) is 9.86. The molecule has 6 heteroatoms. The van der Waals surface area contributed by atoms with Gasteiger partial charge in [0.25, 0.3) is 5.91 Å². The van der Waals surface area contributed by atoms with E-state index < -0.39 is 5.91 Å². The second-order valence-corrected chi connectivity index (χ2v) is 4.36. The lowest BCUT2D eigenvalue weighted by Crippen LogP contribution is -2.23. The van der Waals surface area contributed by atoms with Crippen molar-refractivity contribution in [3.05, 3.63) is 53.5 Å². The molecule has 1 amide bonds. The summed E-state index contributed by atoms with van der Waals surface area (Å²) in [5.74, 6) is 0.324. The number of methoxy groups -OCH3 is 1. The van der Waals surface area contributed by atoms with Gasteiger partial charge in [0.1, 0.15) is 17.4 Å². The number of amides is 1. The summed E-state index contributed by atoms with van der Waals surface area (Å²) in [6.07, 6.45) is 2.89. The van der Waals surface area contributed by atoms with Crippen LogP contribution in [0.15, 0.2) is 46.6 Å². The molecule has 0 fully saturated rings. The van der Waals surface area contributed by atoms with Crippen molar-refractivity contribution in [1.29, 1.82) is 5.26 Å². The number of rotatable bonds is 5. The van der Waals surface area contributed by atoms with Crippen LogP contribution in [0.2, 0.25) is 0 Å². The number of nitrogens with one attached hydrogen (secondary N) is 1. The predicted octanol–water partition coefficient (Wildman–Crippen LogP) is 2.22. The minimum absolute atomic E-state index is 0.0652. The van der Waals surface area contributed by atoms with E-state index in [2.05, 4.69) is 5.32 Å². The van der Waals surface area contributed by atoms with Crippen LogP contribution in [0.1, 0.15) is 11.3 Å². The van der Waals surface area contributed by atoms with E-state index in [1.54, 1.807) is 24.3 Å². The molecule has 1 aromatic heterocycles. The fourth-order valence-corrected chi connectivity index (χ4v) is 1.79. The van der Waals surface area contributed by atoms with Crippen molar-refractivity contribution in [2.24, 2.45) is 0 Å². The maximum Gasteiger partial charge on any atom is 0.262 e. The Morgan fingerprint density at radius 2 is 2.32 bits per heavy atom. The van der Waals surface area contributed by atoms with Gasteiger partial charge >= 0.3 is 0 Å². The molecule has 22 heavy (non-hydrogen) atoms. The molecule has 1 heterocycles. The fourth-order valence-electron chi connectivity index (χ4n) is 1.79. The smallest absolute Gasteiger partial charge is 0.262 e. The molecular weight excluding hydrogens is 284 g/mol. The summed E-state index contributed by atoms with van der Waals surface area (Å²) in [5.41, 5.74) is 0.444. The van der Waals surface area contributed by atoms with E-state index in [0.717, 1.165) is 0 Å². The van der Waals surface area contributed by atoms with E-state index in [9.17, 15) is 9.90 Å². The molecule has 2 aromatic rings. The molecule has 2 rings (SSSR count). The van der Waals surface area contributed by atoms with Gasteiger partial charge in [-0.15, -0.1) is 0 Å². The first-order valence-electron chi connectivity index (χ1n) is 6.43. The lowest BCUT2D eigenvalue weighted by atomic mass is 10.1. The third kappa shape index (κ3) is 3.67. The minimum atomic E-state index is -0.519. The van der Waals surface area contributed by atoms with Crippen LogP contribution in [0.5, 0.6) is 11.5 Å². The highest BCUT2D eigenvalue weighted by Gasteiger charge is 2.10. The highest BCUT2D eigenvalue weighted by molar-refractivity contribution is 6.01. The molecule has 112 valence electrons. The van der Waals surface area contributed by atoms with E-state index in [0.29, 0.717) is 17.1 Å². The number of benzene rings is 1. The summed E-state index contributed by atoms with van der Waals surface area (Å²) in [5, 5.41) is 21.4. The lowest BCUT2D eigenvalue weighted by molar-refractivity contribution is -0.117. The molecule has 1 aromatic carbocycles. The Morgan fingerprint density at radius 1 is 1.50 bits per heavy atom. The summed E-state index contributed by atoms with van der Waals surface area (Å²) in [4.78, 5) is 12.0. The summed E-state index contributed by atoms with van der Waals surface area (Å²) in [7, 11) is 1.44. The molecule has 0 aliphatic heterocycles. The van der Waals surface area contributed by atoms with Gasteiger partial charge in [-0.2, -0.15) is 5.26 Å². The first-order valence-corrected chi connectivity index (χ1v) is 6.43.